The number of benzene rings is 2. The number of aromatic amines is 1. The summed E-state index contributed by atoms with van der Waals surface area (Å²) >= 11 is 5.00. The molecule has 0 radical (unpaired) electrons. The summed E-state index contributed by atoms with van der Waals surface area (Å²) in [5.41, 5.74) is 3.10. The van der Waals surface area contributed by atoms with E-state index in [9.17, 15) is 4.39 Å². The topological polar surface area (TPSA) is 41.6 Å². The number of aryl methyl sites for hydroxylation is 1. The second-order valence-corrected chi connectivity index (χ2v) is 7.28. The van der Waals surface area contributed by atoms with Crippen molar-refractivity contribution in [3.05, 3.63) is 57.6 Å². The van der Waals surface area contributed by atoms with E-state index in [4.69, 9.17) is 4.98 Å². The van der Waals surface area contributed by atoms with Gasteiger partial charge in [-0.3, -0.25) is 5.10 Å². The molecule has 114 valence electrons. The van der Waals surface area contributed by atoms with Crippen molar-refractivity contribution in [2.24, 2.45) is 0 Å². The Morgan fingerprint density at radius 1 is 1.09 bits per heavy atom. The van der Waals surface area contributed by atoms with Gasteiger partial charge < -0.3 is 0 Å². The number of para-hydroxylation sites is 1. The minimum atomic E-state index is -0.303. The third kappa shape index (κ3) is 2.48. The standard InChI is InChI=1S/C17H11BrFN3S/c1-9-14(10-5-7-11(18)8-6-10)20-17(23-9)16-12-3-2-4-13(19)15(12)21-22-16/h2-8H,1H3,(H,21,22). The summed E-state index contributed by atoms with van der Waals surface area (Å²) in [7, 11) is 0. The fraction of sp³-hybridized carbons (Fsp3) is 0.0588. The highest BCUT2D eigenvalue weighted by molar-refractivity contribution is 9.10. The molecule has 23 heavy (non-hydrogen) atoms. The third-order valence-corrected chi connectivity index (χ3v) is 5.17. The molecule has 3 nitrogen and oxygen atoms in total. The van der Waals surface area contributed by atoms with Gasteiger partial charge in [0.2, 0.25) is 0 Å². The second kappa shape index (κ2) is 5.54. The maximum Gasteiger partial charge on any atom is 0.148 e. The largest absolute Gasteiger partial charge is 0.274 e. The normalized spacial score (nSPS) is 11.3. The maximum atomic E-state index is 13.8. The van der Waals surface area contributed by atoms with Crippen LogP contribution in [-0.4, -0.2) is 15.2 Å². The molecule has 2 aromatic carbocycles. The predicted molar refractivity (Wildman–Crippen MR) is 95.0 cm³/mol. The van der Waals surface area contributed by atoms with Gasteiger partial charge in [-0.1, -0.05) is 40.2 Å². The van der Waals surface area contributed by atoms with E-state index in [1.165, 1.54) is 6.07 Å². The minimum Gasteiger partial charge on any atom is -0.274 e. The van der Waals surface area contributed by atoms with Crippen LogP contribution < -0.4 is 0 Å². The average Bonchev–Trinajstić information content (AvgIpc) is 3.13. The van der Waals surface area contributed by atoms with Gasteiger partial charge in [-0.25, -0.2) is 9.37 Å². The zero-order valence-corrected chi connectivity index (χ0v) is 14.5. The van der Waals surface area contributed by atoms with Gasteiger partial charge in [0.25, 0.3) is 0 Å². The Balaban J connectivity index is 1.85. The molecule has 0 spiro atoms. The molecule has 0 atom stereocenters. The maximum absolute atomic E-state index is 13.8. The molecular formula is C17H11BrFN3S. The molecule has 6 heteroatoms. The Bertz CT molecular complexity index is 1000. The van der Waals surface area contributed by atoms with Crippen LogP contribution in [0.1, 0.15) is 4.88 Å². The smallest absolute Gasteiger partial charge is 0.148 e. The summed E-state index contributed by atoms with van der Waals surface area (Å²) in [6, 6.07) is 13.0. The van der Waals surface area contributed by atoms with Crippen molar-refractivity contribution >= 4 is 38.2 Å². The number of H-pyrrole nitrogens is 1. The molecule has 0 saturated heterocycles. The van der Waals surface area contributed by atoms with Crippen molar-refractivity contribution < 1.29 is 4.39 Å². The summed E-state index contributed by atoms with van der Waals surface area (Å²) in [5, 5.41) is 8.57. The first-order valence-electron chi connectivity index (χ1n) is 7.00. The number of halogens is 2. The van der Waals surface area contributed by atoms with Crippen molar-refractivity contribution in [3.63, 3.8) is 0 Å². The molecule has 4 rings (SSSR count). The van der Waals surface area contributed by atoms with Crippen LogP contribution in [0.25, 0.3) is 32.9 Å². The SMILES string of the molecule is Cc1sc(-c2n[nH]c3c(F)cccc23)nc1-c1ccc(Br)cc1. The van der Waals surface area contributed by atoms with E-state index in [1.54, 1.807) is 17.4 Å². The van der Waals surface area contributed by atoms with Gasteiger partial charge in [-0.15, -0.1) is 11.3 Å². The molecule has 0 aliphatic rings. The zero-order valence-electron chi connectivity index (χ0n) is 12.1. The van der Waals surface area contributed by atoms with Crippen LogP contribution in [0.4, 0.5) is 4.39 Å². The lowest BCUT2D eigenvalue weighted by molar-refractivity contribution is 0.636. The van der Waals surface area contributed by atoms with E-state index in [2.05, 4.69) is 26.1 Å². The van der Waals surface area contributed by atoms with Crippen molar-refractivity contribution in [3.8, 4) is 22.0 Å². The van der Waals surface area contributed by atoms with Gasteiger partial charge in [-0.2, -0.15) is 5.10 Å². The number of rotatable bonds is 2. The molecule has 0 saturated carbocycles. The number of fused-ring (bicyclic) bond motifs is 1. The van der Waals surface area contributed by atoms with Crippen molar-refractivity contribution in [2.75, 3.05) is 0 Å². The highest BCUT2D eigenvalue weighted by Gasteiger charge is 2.17. The lowest BCUT2D eigenvalue weighted by Crippen LogP contribution is -1.82. The molecule has 0 aliphatic heterocycles. The average molecular weight is 388 g/mol. The Labute approximate surface area is 144 Å². The lowest BCUT2D eigenvalue weighted by Gasteiger charge is -1.98. The van der Waals surface area contributed by atoms with Crippen molar-refractivity contribution in [1.29, 1.82) is 0 Å². The Morgan fingerprint density at radius 2 is 1.87 bits per heavy atom. The van der Waals surface area contributed by atoms with Gasteiger partial charge in [0.05, 0.1) is 5.69 Å². The number of aromatic nitrogens is 3. The van der Waals surface area contributed by atoms with Crippen LogP contribution in [0.2, 0.25) is 0 Å². The van der Waals surface area contributed by atoms with E-state index in [1.807, 2.05) is 37.3 Å². The highest BCUT2D eigenvalue weighted by atomic mass is 79.9. The van der Waals surface area contributed by atoms with Crippen LogP contribution in [0.3, 0.4) is 0 Å². The van der Waals surface area contributed by atoms with Gasteiger partial charge in [0.1, 0.15) is 22.0 Å². The lowest BCUT2D eigenvalue weighted by atomic mass is 10.1. The van der Waals surface area contributed by atoms with Gasteiger partial charge in [-0.05, 0) is 25.1 Å². The molecule has 0 fully saturated rings. The molecule has 0 bridgehead atoms. The molecule has 0 aliphatic carbocycles. The monoisotopic (exact) mass is 387 g/mol. The van der Waals surface area contributed by atoms with Crippen LogP contribution in [0.15, 0.2) is 46.9 Å². The molecule has 2 aromatic heterocycles. The second-order valence-electron chi connectivity index (χ2n) is 5.17. The van der Waals surface area contributed by atoms with E-state index in [-0.39, 0.29) is 5.82 Å². The van der Waals surface area contributed by atoms with Gasteiger partial charge in [0.15, 0.2) is 0 Å². The first kappa shape index (κ1) is 14.5. The first-order valence-corrected chi connectivity index (χ1v) is 8.61. The van der Waals surface area contributed by atoms with E-state index in [0.717, 1.165) is 31.0 Å². The molecule has 0 amide bonds. The summed E-state index contributed by atoms with van der Waals surface area (Å²) in [6.45, 7) is 2.04. The van der Waals surface area contributed by atoms with E-state index < -0.39 is 0 Å². The number of thiazole rings is 1. The van der Waals surface area contributed by atoms with Crippen LogP contribution in [0, 0.1) is 12.7 Å². The van der Waals surface area contributed by atoms with Gasteiger partial charge >= 0.3 is 0 Å². The molecule has 2 heterocycles. The summed E-state index contributed by atoms with van der Waals surface area (Å²) in [5.74, 6) is -0.303. The molecule has 0 unspecified atom stereocenters. The summed E-state index contributed by atoms with van der Waals surface area (Å²) < 4.78 is 14.8. The van der Waals surface area contributed by atoms with Crippen molar-refractivity contribution in [2.45, 2.75) is 6.92 Å². The molecule has 4 aromatic rings. The number of nitrogens with zero attached hydrogens (tertiary/aromatic N) is 2. The fourth-order valence-electron chi connectivity index (χ4n) is 2.54. The molecule has 1 N–H and O–H groups in total. The predicted octanol–water partition coefficient (Wildman–Crippen LogP) is 5.56. The Hall–Kier alpha value is -2.05. The summed E-state index contributed by atoms with van der Waals surface area (Å²) in [4.78, 5) is 5.84. The molecular weight excluding hydrogens is 377 g/mol. The van der Waals surface area contributed by atoms with Crippen LogP contribution >= 0.6 is 27.3 Å². The minimum absolute atomic E-state index is 0.303. The zero-order chi connectivity index (χ0) is 16.0. The summed E-state index contributed by atoms with van der Waals surface area (Å²) in [6.07, 6.45) is 0. The van der Waals surface area contributed by atoms with Crippen molar-refractivity contribution in [1.82, 2.24) is 15.2 Å². The quantitative estimate of drug-likeness (QED) is 0.488. The van der Waals surface area contributed by atoms with E-state index >= 15 is 0 Å². The Kier molecular flexibility index (Phi) is 3.50. The third-order valence-electron chi connectivity index (χ3n) is 3.67. The highest BCUT2D eigenvalue weighted by Crippen LogP contribution is 2.35. The Morgan fingerprint density at radius 3 is 2.65 bits per heavy atom. The number of nitrogens with one attached hydrogen (secondary N) is 1. The number of hydrogen-bond donors (Lipinski definition) is 1. The fourth-order valence-corrected chi connectivity index (χ4v) is 3.75. The number of hydrogen-bond acceptors (Lipinski definition) is 3. The van der Waals surface area contributed by atoms with E-state index in [0.29, 0.717) is 11.2 Å². The first-order chi connectivity index (χ1) is 11.1. The van der Waals surface area contributed by atoms with Crippen LogP contribution in [0.5, 0.6) is 0 Å². The van der Waals surface area contributed by atoms with Gasteiger partial charge in [0, 0.05) is 20.3 Å². The van der Waals surface area contributed by atoms with Crippen LogP contribution in [-0.2, 0) is 0 Å².